The highest BCUT2D eigenvalue weighted by Gasteiger charge is 2.23. The molecular weight excluding hydrogens is 856 g/mol. The van der Waals surface area contributed by atoms with Crippen LogP contribution in [0.25, 0.3) is 45.1 Å². The molecule has 350 valence electrons. The van der Waals surface area contributed by atoms with Crippen LogP contribution in [0.4, 0.5) is 23.3 Å². The molecule has 0 atom stereocenters. The van der Waals surface area contributed by atoms with Gasteiger partial charge in [-0.2, -0.15) is 0 Å². The molecule has 4 aliphatic heterocycles. The molecule has 0 unspecified atom stereocenters. The molecule has 0 radical (unpaired) electrons. The molecule has 0 saturated carbocycles. The Morgan fingerprint density at radius 3 is 1.52 bits per heavy atom. The van der Waals surface area contributed by atoms with Crippen molar-refractivity contribution in [2.24, 2.45) is 0 Å². The first kappa shape index (κ1) is 47.0. The second-order valence-corrected chi connectivity index (χ2v) is 17.1. The van der Waals surface area contributed by atoms with E-state index >= 15 is 0 Å². The smallest absolute Gasteiger partial charge is 0.186 e. The van der Waals surface area contributed by atoms with E-state index in [0.29, 0.717) is 50.8 Å². The summed E-state index contributed by atoms with van der Waals surface area (Å²) in [6, 6.07) is 20.0. The summed E-state index contributed by atoms with van der Waals surface area (Å²) in [5.41, 5.74) is 4.40. The van der Waals surface area contributed by atoms with E-state index in [-0.39, 0.29) is 7.43 Å². The molecule has 0 bridgehead atoms. The zero-order valence-corrected chi connectivity index (χ0v) is 38.2. The Balaban J connectivity index is 0.000000177. The summed E-state index contributed by atoms with van der Waals surface area (Å²) in [5, 5.41) is 7.34. The number of anilines is 4. The average Bonchev–Trinajstić information content (AvgIpc) is 3.35. The van der Waals surface area contributed by atoms with Crippen LogP contribution in [0.3, 0.4) is 0 Å². The summed E-state index contributed by atoms with van der Waals surface area (Å²) >= 11 is 6.62. The van der Waals surface area contributed by atoms with E-state index in [1.54, 1.807) is 0 Å². The molecule has 8 heterocycles. The van der Waals surface area contributed by atoms with Crippen LogP contribution < -0.4 is 20.4 Å². The zero-order chi connectivity index (χ0) is 44.4. The van der Waals surface area contributed by atoms with E-state index in [0.717, 1.165) is 154 Å². The molecule has 0 aliphatic carbocycles. The number of hydrogen-bond donors (Lipinski definition) is 2. The number of piperazine rings is 2. The first-order chi connectivity index (χ1) is 31.9. The molecular formula is C47H63ClN16O2. The summed E-state index contributed by atoms with van der Waals surface area (Å²) < 4.78 is 10.9. The van der Waals surface area contributed by atoms with Gasteiger partial charge in [0.05, 0.1) is 32.6 Å². The molecule has 0 amide bonds. The maximum atomic E-state index is 6.62. The number of ether oxygens (including phenoxy) is 2. The van der Waals surface area contributed by atoms with Crippen molar-refractivity contribution < 1.29 is 9.47 Å². The van der Waals surface area contributed by atoms with Crippen molar-refractivity contribution in [3.8, 4) is 22.8 Å². The fourth-order valence-electron chi connectivity index (χ4n) is 8.22. The lowest BCUT2D eigenvalue weighted by molar-refractivity contribution is 0.0398. The Hall–Kier alpha value is -5.47. The second kappa shape index (κ2) is 22.8. The minimum absolute atomic E-state index is 0. The quantitative estimate of drug-likeness (QED) is 0.177. The monoisotopic (exact) mass is 919 g/mol. The maximum Gasteiger partial charge on any atom is 0.186 e. The number of rotatable bonds is 12. The normalized spacial score (nSPS) is 17.9. The molecule has 4 saturated heterocycles. The second-order valence-electron chi connectivity index (χ2n) is 16.8. The zero-order valence-electron chi connectivity index (χ0n) is 37.4. The van der Waals surface area contributed by atoms with Crippen LogP contribution >= 0.6 is 11.6 Å². The van der Waals surface area contributed by atoms with E-state index in [1.165, 1.54) is 0 Å². The molecule has 19 heteroatoms. The van der Waals surface area contributed by atoms with E-state index in [4.69, 9.17) is 60.9 Å². The van der Waals surface area contributed by atoms with Gasteiger partial charge in [-0.1, -0.05) is 79.7 Å². The van der Waals surface area contributed by atoms with Gasteiger partial charge in [-0.3, -0.25) is 9.80 Å². The van der Waals surface area contributed by atoms with Crippen molar-refractivity contribution in [2.45, 2.75) is 7.43 Å². The van der Waals surface area contributed by atoms with Crippen molar-refractivity contribution in [3.05, 3.63) is 72.0 Å². The van der Waals surface area contributed by atoms with Gasteiger partial charge in [0, 0.05) is 116 Å². The number of morpholine rings is 2. The fraction of sp³-hybridized carbons (Fsp3) is 0.489. The number of hydrogen-bond acceptors (Lipinski definition) is 18. The van der Waals surface area contributed by atoms with Gasteiger partial charge in [0.2, 0.25) is 0 Å². The first-order valence-electron chi connectivity index (χ1n) is 22.8. The maximum absolute atomic E-state index is 6.62. The Labute approximate surface area is 392 Å². The number of likely N-dealkylation sites (N-methyl/N-ethyl adjacent to an activating group) is 2. The van der Waals surface area contributed by atoms with Gasteiger partial charge in [-0.25, -0.2) is 39.9 Å². The van der Waals surface area contributed by atoms with E-state index in [9.17, 15) is 0 Å². The molecule has 0 spiro atoms. The third-order valence-electron chi connectivity index (χ3n) is 12.2. The third-order valence-corrected chi connectivity index (χ3v) is 12.5. The van der Waals surface area contributed by atoms with E-state index in [2.05, 4.69) is 54.1 Å². The molecule has 18 nitrogen and oxygen atoms in total. The van der Waals surface area contributed by atoms with Gasteiger partial charge in [0.25, 0.3) is 0 Å². The summed E-state index contributed by atoms with van der Waals surface area (Å²) in [6.45, 7) is 17.9. The van der Waals surface area contributed by atoms with Crippen molar-refractivity contribution in [1.29, 1.82) is 0 Å². The molecule has 6 aromatic rings. The molecule has 2 aromatic carbocycles. The number of halogens is 1. The van der Waals surface area contributed by atoms with Crippen LogP contribution in [0.2, 0.25) is 5.15 Å². The van der Waals surface area contributed by atoms with Gasteiger partial charge >= 0.3 is 0 Å². The summed E-state index contributed by atoms with van der Waals surface area (Å²) in [6.07, 6.45) is 1.85. The summed E-state index contributed by atoms with van der Waals surface area (Å²) in [4.78, 5) is 52.2. The molecule has 2 N–H and O–H groups in total. The van der Waals surface area contributed by atoms with Gasteiger partial charge in [-0.05, 0) is 14.1 Å². The highest BCUT2D eigenvalue weighted by molar-refractivity contribution is 6.32. The lowest BCUT2D eigenvalue weighted by atomic mass is 10.2. The van der Waals surface area contributed by atoms with E-state index < -0.39 is 0 Å². The molecule has 4 aliphatic rings. The predicted molar refractivity (Wildman–Crippen MR) is 264 cm³/mol. The number of fused-ring (bicyclic) bond motifs is 2. The van der Waals surface area contributed by atoms with Crippen LogP contribution in [0.15, 0.2) is 66.9 Å². The SMILES string of the molecule is C.CN1CCN(c2cnc3c(NCCN4CCOCC4)nc(-c4ccccc4)nc3n2)CC1.CN1CCN(c2nc3nc(-c4ccccc4)nc(NCCN4CCOCC4)c3nc2Cl)CC1. The predicted octanol–water partition coefficient (Wildman–Crippen LogP) is 4.45. The van der Waals surface area contributed by atoms with Crippen LogP contribution in [0.5, 0.6) is 0 Å². The van der Waals surface area contributed by atoms with Gasteiger partial charge in [0.15, 0.2) is 56.6 Å². The molecule has 4 aromatic heterocycles. The lowest BCUT2D eigenvalue weighted by Gasteiger charge is -2.33. The lowest BCUT2D eigenvalue weighted by Crippen LogP contribution is -2.45. The van der Waals surface area contributed by atoms with Crippen molar-refractivity contribution in [2.75, 3.05) is 166 Å². The van der Waals surface area contributed by atoms with E-state index in [1.807, 2.05) is 66.9 Å². The Kier molecular flexibility index (Phi) is 16.3. The van der Waals surface area contributed by atoms with Crippen LogP contribution in [0, 0.1) is 0 Å². The number of nitrogens with one attached hydrogen (secondary N) is 2. The number of nitrogens with zero attached hydrogens (tertiary/aromatic N) is 14. The highest BCUT2D eigenvalue weighted by atomic mass is 35.5. The largest absolute Gasteiger partial charge is 0.379 e. The molecule has 10 rings (SSSR count). The van der Waals surface area contributed by atoms with Gasteiger partial charge in [-0.15, -0.1) is 0 Å². The Bertz CT molecular complexity index is 2460. The Morgan fingerprint density at radius 1 is 0.530 bits per heavy atom. The van der Waals surface area contributed by atoms with Crippen LogP contribution in [0.1, 0.15) is 7.43 Å². The third kappa shape index (κ3) is 11.9. The highest BCUT2D eigenvalue weighted by Crippen LogP contribution is 2.30. The van der Waals surface area contributed by atoms with Crippen LogP contribution in [-0.4, -0.2) is 205 Å². The number of benzene rings is 2. The average molecular weight is 920 g/mol. The first-order valence-corrected chi connectivity index (χ1v) is 23.2. The Morgan fingerprint density at radius 2 is 1.00 bits per heavy atom. The molecule has 4 fully saturated rings. The van der Waals surface area contributed by atoms with Gasteiger partial charge in [0.1, 0.15) is 5.82 Å². The summed E-state index contributed by atoms with van der Waals surface area (Å²) in [5.74, 6) is 4.25. The minimum atomic E-state index is 0. The number of aromatic nitrogens is 8. The van der Waals surface area contributed by atoms with Crippen molar-refractivity contribution >= 4 is 57.2 Å². The van der Waals surface area contributed by atoms with Crippen molar-refractivity contribution in [3.63, 3.8) is 0 Å². The fourth-order valence-corrected chi connectivity index (χ4v) is 8.47. The standard InChI is InChI=1S/C23H29ClN8O.C23H30N8O.CH4/c1-30-9-11-32(12-10-30)23-19(24)26-18-21(25-7-8-31-13-15-33-16-14-31)27-20(28-22(18)29-23)17-5-3-2-4-6-17;1-29-9-11-31(12-10-29)19-17-25-20-22(24-7-8-30-13-15-32-16-14-30)27-21(28-23(20)26-19)18-5-3-2-4-6-18;/h2-6H,7-16H2,1H3,(H,25,27,28,29);2-6,17H,7-16H2,1H3,(H,24,26,27,28);1H4. The summed E-state index contributed by atoms with van der Waals surface area (Å²) in [7, 11) is 4.27. The van der Waals surface area contributed by atoms with Crippen LogP contribution in [-0.2, 0) is 9.47 Å². The minimum Gasteiger partial charge on any atom is -0.379 e. The topological polar surface area (TPSA) is 165 Å². The van der Waals surface area contributed by atoms with Gasteiger partial charge < -0.3 is 39.7 Å². The van der Waals surface area contributed by atoms with Crippen molar-refractivity contribution in [1.82, 2.24) is 59.5 Å². The molecule has 66 heavy (non-hydrogen) atoms.